The Morgan fingerprint density at radius 2 is 2.36 bits per heavy atom. The van der Waals surface area contributed by atoms with Gasteiger partial charge in [0.15, 0.2) is 0 Å². The summed E-state index contributed by atoms with van der Waals surface area (Å²) in [6.07, 6.45) is 1.03. The van der Waals surface area contributed by atoms with Gasteiger partial charge in [0.25, 0.3) is 0 Å². The molecule has 1 aliphatic heterocycles. The second kappa shape index (κ2) is 5.29. The highest BCUT2D eigenvalue weighted by molar-refractivity contribution is 5.66. The van der Waals surface area contributed by atoms with Crippen molar-refractivity contribution in [1.82, 2.24) is 4.90 Å². The average molecular weight is 203 g/mol. The van der Waals surface area contributed by atoms with Crippen molar-refractivity contribution < 1.29 is 19.7 Å². The van der Waals surface area contributed by atoms with Crippen LogP contribution in [0.5, 0.6) is 0 Å². The van der Waals surface area contributed by atoms with Crippen LogP contribution in [-0.4, -0.2) is 60.0 Å². The third-order valence-electron chi connectivity index (χ3n) is 2.65. The quantitative estimate of drug-likeness (QED) is 0.633. The molecule has 2 unspecified atom stereocenters. The molecule has 1 rings (SSSR count). The summed E-state index contributed by atoms with van der Waals surface area (Å²) >= 11 is 0. The van der Waals surface area contributed by atoms with E-state index in [1.54, 1.807) is 7.11 Å². The van der Waals surface area contributed by atoms with Crippen LogP contribution in [0.3, 0.4) is 0 Å². The number of rotatable bonds is 5. The maximum Gasteiger partial charge on any atom is 0.304 e. The van der Waals surface area contributed by atoms with Crippen LogP contribution in [0.4, 0.5) is 0 Å². The van der Waals surface area contributed by atoms with Crippen LogP contribution in [0.25, 0.3) is 0 Å². The minimum Gasteiger partial charge on any atom is -0.481 e. The van der Waals surface area contributed by atoms with E-state index < -0.39 is 5.97 Å². The molecule has 0 aliphatic carbocycles. The van der Waals surface area contributed by atoms with Crippen LogP contribution in [0.15, 0.2) is 0 Å². The molecule has 0 saturated carbocycles. The molecule has 1 fully saturated rings. The molecule has 0 spiro atoms. The van der Waals surface area contributed by atoms with Crippen molar-refractivity contribution in [3.8, 4) is 0 Å². The minimum atomic E-state index is -0.803. The van der Waals surface area contributed by atoms with Gasteiger partial charge in [-0.2, -0.15) is 0 Å². The molecule has 0 aromatic carbocycles. The minimum absolute atomic E-state index is 0.0549. The molecule has 5 nitrogen and oxygen atoms in total. The maximum absolute atomic E-state index is 10.4. The van der Waals surface area contributed by atoms with E-state index in [2.05, 4.69) is 0 Å². The van der Waals surface area contributed by atoms with E-state index in [0.29, 0.717) is 6.54 Å². The number of aliphatic hydroxyl groups is 1. The Morgan fingerprint density at radius 1 is 1.64 bits per heavy atom. The Morgan fingerprint density at radius 3 is 2.86 bits per heavy atom. The molecule has 2 atom stereocenters. The number of likely N-dealkylation sites (tertiary alicyclic amines) is 1. The zero-order valence-electron chi connectivity index (χ0n) is 8.35. The first-order valence-corrected chi connectivity index (χ1v) is 4.77. The average Bonchev–Trinajstić information content (AvgIpc) is 2.57. The van der Waals surface area contributed by atoms with Gasteiger partial charge in [-0.15, -0.1) is 0 Å². The SMILES string of the molecule is COC1CC(CO)N(CCC(=O)O)C1. The molecular formula is C9H17NO4. The summed E-state index contributed by atoms with van der Waals surface area (Å²) < 4.78 is 5.18. The molecule has 2 N–H and O–H groups in total. The van der Waals surface area contributed by atoms with Crippen LogP contribution in [-0.2, 0) is 9.53 Å². The van der Waals surface area contributed by atoms with Crippen molar-refractivity contribution in [2.24, 2.45) is 0 Å². The van der Waals surface area contributed by atoms with Crippen molar-refractivity contribution in [2.75, 3.05) is 26.8 Å². The number of carbonyl (C=O) groups is 1. The van der Waals surface area contributed by atoms with E-state index >= 15 is 0 Å². The highest BCUT2D eigenvalue weighted by atomic mass is 16.5. The van der Waals surface area contributed by atoms with Crippen molar-refractivity contribution in [2.45, 2.75) is 25.0 Å². The third-order valence-corrected chi connectivity index (χ3v) is 2.65. The normalized spacial score (nSPS) is 28.1. The predicted octanol–water partition coefficient (Wildman–Crippen LogP) is -0.457. The van der Waals surface area contributed by atoms with Crippen LogP contribution in [0.2, 0.25) is 0 Å². The number of aliphatic carboxylic acids is 1. The molecule has 1 aliphatic rings. The number of hydrogen-bond acceptors (Lipinski definition) is 4. The topological polar surface area (TPSA) is 70.0 Å². The van der Waals surface area contributed by atoms with Gasteiger partial charge in [-0.3, -0.25) is 9.69 Å². The smallest absolute Gasteiger partial charge is 0.304 e. The first kappa shape index (κ1) is 11.4. The molecule has 0 amide bonds. The summed E-state index contributed by atoms with van der Waals surface area (Å²) in [4.78, 5) is 12.4. The summed E-state index contributed by atoms with van der Waals surface area (Å²) in [7, 11) is 1.64. The van der Waals surface area contributed by atoms with Gasteiger partial charge in [0.05, 0.1) is 19.1 Å². The number of carboxylic acid groups (broad SMARTS) is 1. The summed E-state index contributed by atoms with van der Waals surface area (Å²) in [6.45, 7) is 1.27. The maximum atomic E-state index is 10.4. The number of hydrogen-bond donors (Lipinski definition) is 2. The number of aliphatic hydroxyl groups excluding tert-OH is 1. The highest BCUT2D eigenvalue weighted by Gasteiger charge is 2.31. The van der Waals surface area contributed by atoms with Crippen molar-refractivity contribution >= 4 is 5.97 Å². The number of methoxy groups -OCH3 is 1. The van der Waals surface area contributed by atoms with Gasteiger partial charge in [0, 0.05) is 26.2 Å². The standard InChI is InChI=1S/C9H17NO4/c1-14-8-4-7(6-11)10(5-8)3-2-9(12)13/h7-8,11H,2-6H2,1H3,(H,12,13). The predicted molar refractivity (Wildman–Crippen MR) is 50.1 cm³/mol. The Kier molecular flexibility index (Phi) is 4.31. The van der Waals surface area contributed by atoms with Crippen molar-refractivity contribution in [1.29, 1.82) is 0 Å². The molecule has 0 radical (unpaired) electrons. The Balaban J connectivity index is 2.38. The van der Waals surface area contributed by atoms with Crippen LogP contribution in [0, 0.1) is 0 Å². The molecule has 5 heteroatoms. The number of nitrogens with zero attached hydrogens (tertiary/aromatic N) is 1. The number of ether oxygens (including phenoxy) is 1. The van der Waals surface area contributed by atoms with E-state index in [0.717, 1.165) is 13.0 Å². The fraction of sp³-hybridized carbons (Fsp3) is 0.889. The van der Waals surface area contributed by atoms with Gasteiger partial charge in [0.1, 0.15) is 0 Å². The fourth-order valence-electron chi connectivity index (χ4n) is 1.81. The van der Waals surface area contributed by atoms with E-state index in [4.69, 9.17) is 14.9 Å². The van der Waals surface area contributed by atoms with Crippen molar-refractivity contribution in [3.05, 3.63) is 0 Å². The zero-order valence-corrected chi connectivity index (χ0v) is 8.35. The molecule has 14 heavy (non-hydrogen) atoms. The lowest BCUT2D eigenvalue weighted by atomic mass is 10.2. The largest absolute Gasteiger partial charge is 0.481 e. The zero-order chi connectivity index (χ0) is 10.6. The Labute approximate surface area is 83.3 Å². The third kappa shape index (κ3) is 2.94. The van der Waals surface area contributed by atoms with E-state index in [1.165, 1.54) is 0 Å². The molecule has 0 bridgehead atoms. The van der Waals surface area contributed by atoms with E-state index in [1.807, 2.05) is 4.90 Å². The lowest BCUT2D eigenvalue weighted by Crippen LogP contribution is -2.34. The summed E-state index contributed by atoms with van der Waals surface area (Å²) in [5.41, 5.74) is 0. The highest BCUT2D eigenvalue weighted by Crippen LogP contribution is 2.19. The fourth-order valence-corrected chi connectivity index (χ4v) is 1.81. The lowest BCUT2D eigenvalue weighted by Gasteiger charge is -2.20. The van der Waals surface area contributed by atoms with E-state index in [-0.39, 0.29) is 25.2 Å². The lowest BCUT2D eigenvalue weighted by molar-refractivity contribution is -0.137. The van der Waals surface area contributed by atoms with Gasteiger partial charge in [-0.25, -0.2) is 0 Å². The number of carboxylic acids is 1. The van der Waals surface area contributed by atoms with E-state index in [9.17, 15) is 4.79 Å². The molecule has 1 saturated heterocycles. The molecule has 0 aromatic rings. The first-order valence-electron chi connectivity index (χ1n) is 4.77. The van der Waals surface area contributed by atoms with Gasteiger partial charge in [-0.05, 0) is 6.42 Å². The summed E-state index contributed by atoms with van der Waals surface area (Å²) in [6, 6.07) is 0.0549. The van der Waals surface area contributed by atoms with Gasteiger partial charge in [-0.1, -0.05) is 0 Å². The second-order valence-electron chi connectivity index (χ2n) is 3.57. The molecule has 1 heterocycles. The molecule has 0 aromatic heterocycles. The van der Waals surface area contributed by atoms with Gasteiger partial charge < -0.3 is 14.9 Å². The monoisotopic (exact) mass is 203 g/mol. The Hall–Kier alpha value is -0.650. The Bertz CT molecular complexity index is 197. The van der Waals surface area contributed by atoms with Crippen LogP contribution >= 0.6 is 0 Å². The summed E-state index contributed by atoms with van der Waals surface area (Å²) in [5, 5.41) is 17.6. The van der Waals surface area contributed by atoms with Gasteiger partial charge >= 0.3 is 5.97 Å². The van der Waals surface area contributed by atoms with Crippen molar-refractivity contribution in [3.63, 3.8) is 0 Å². The molecule has 82 valence electrons. The van der Waals surface area contributed by atoms with Crippen LogP contribution in [0.1, 0.15) is 12.8 Å². The molecular weight excluding hydrogens is 186 g/mol. The van der Waals surface area contributed by atoms with Gasteiger partial charge in [0.2, 0.25) is 0 Å². The van der Waals surface area contributed by atoms with Crippen LogP contribution < -0.4 is 0 Å². The summed E-state index contributed by atoms with van der Waals surface area (Å²) in [5.74, 6) is -0.803. The first-order chi connectivity index (χ1) is 6.67. The second-order valence-corrected chi connectivity index (χ2v) is 3.57.